The molecule has 362 valence electrons. The van der Waals surface area contributed by atoms with Crippen molar-refractivity contribution in [2.75, 3.05) is 24.7 Å². The molecule has 7 aromatic rings. The molecule has 0 radical (unpaired) electrons. The van der Waals surface area contributed by atoms with Gasteiger partial charge in [-0.1, -0.05) is 163 Å². The van der Waals surface area contributed by atoms with E-state index in [-0.39, 0.29) is 29.4 Å². The van der Waals surface area contributed by atoms with Gasteiger partial charge in [0, 0.05) is 31.9 Å². The number of carbonyl (C=O) groups is 4. The van der Waals surface area contributed by atoms with E-state index in [0.717, 1.165) is 27.8 Å². The Hall–Kier alpha value is -8.05. The smallest absolute Gasteiger partial charge is 0.356 e. The number of rotatable bonds is 16. The number of anilines is 1. The Labute approximate surface area is 422 Å². The lowest BCUT2D eigenvalue weighted by molar-refractivity contribution is -0.154. The molecule has 16 heteroatoms. The van der Waals surface area contributed by atoms with Crippen molar-refractivity contribution in [2.45, 2.75) is 43.1 Å². The van der Waals surface area contributed by atoms with Crippen molar-refractivity contribution in [3.63, 3.8) is 0 Å². The molecule has 72 heavy (non-hydrogen) atoms. The Morgan fingerprint density at radius 2 is 1.35 bits per heavy atom. The van der Waals surface area contributed by atoms with Crippen LogP contribution in [0.1, 0.15) is 57.7 Å². The van der Waals surface area contributed by atoms with Crippen molar-refractivity contribution in [1.82, 2.24) is 20.1 Å². The first kappa shape index (κ1) is 47.6. The van der Waals surface area contributed by atoms with Gasteiger partial charge < -0.3 is 24.9 Å². The number of hydrogen-bond donors (Lipinski definition) is 2. The minimum Gasteiger partial charge on any atom is -0.448 e. The third-order valence-corrected chi connectivity index (χ3v) is 15.2. The molecule has 4 heterocycles. The average Bonchev–Trinajstić information content (AvgIpc) is 4.05. The van der Waals surface area contributed by atoms with E-state index in [1.165, 1.54) is 30.3 Å². The van der Waals surface area contributed by atoms with Gasteiger partial charge in [-0.05, 0) is 56.6 Å². The standard InChI is InChI=1S/C56H48N6O8S2/c1-36(63)69-45-29-28-39-31-61(32-40(39)30-45)33-41-35-72(67)53-48(52(65)62(53)49(41)54(66)70-50(37-18-8-3-9-19-37)38-20-10-4-11-21-38)58-51(64)47(60-68-2)46-34-71-55(57-46)59-56(42-22-12-5-13-23-42,43-24-14-6-15-25-43)44-26-16-7-17-27-44/h3-30,34,48,50,53H,31-33,35H2,1-2H3,(H,57,59)(H,58,64)/b60-47-/t48?,53-,72?/m1/s1. The van der Waals surface area contributed by atoms with Gasteiger partial charge in [0.2, 0.25) is 0 Å². The maximum absolute atomic E-state index is 14.9. The first-order valence-electron chi connectivity index (χ1n) is 23.2. The summed E-state index contributed by atoms with van der Waals surface area (Å²) >= 11 is 1.26. The van der Waals surface area contributed by atoms with Crippen molar-refractivity contribution in [1.29, 1.82) is 0 Å². The summed E-state index contributed by atoms with van der Waals surface area (Å²) in [6.07, 6.45) is -0.842. The quantitative estimate of drug-likeness (QED) is 0.0242. The van der Waals surface area contributed by atoms with E-state index < -0.39 is 57.6 Å². The van der Waals surface area contributed by atoms with Gasteiger partial charge in [0.25, 0.3) is 11.8 Å². The van der Waals surface area contributed by atoms with Gasteiger partial charge in [-0.3, -0.25) is 28.4 Å². The number of fused-ring (bicyclic) bond motifs is 2. The lowest BCUT2D eigenvalue weighted by Crippen LogP contribution is -2.74. The number of benzene rings is 6. The molecule has 3 aliphatic rings. The number of hydrogen-bond acceptors (Lipinski definition) is 13. The Bertz CT molecular complexity index is 3090. The van der Waals surface area contributed by atoms with Crippen LogP contribution >= 0.6 is 11.3 Å². The maximum atomic E-state index is 14.9. The normalized spacial score (nSPS) is 17.7. The van der Waals surface area contributed by atoms with Crippen LogP contribution in [0.5, 0.6) is 5.75 Å². The molecule has 1 aromatic heterocycles. The van der Waals surface area contributed by atoms with Crippen LogP contribution in [0.4, 0.5) is 5.13 Å². The van der Waals surface area contributed by atoms with E-state index in [2.05, 4.69) is 20.7 Å². The van der Waals surface area contributed by atoms with E-state index in [1.54, 1.807) is 11.4 Å². The van der Waals surface area contributed by atoms with Gasteiger partial charge in [-0.2, -0.15) is 0 Å². The number of β-lactam (4-membered cyclic amide) rings is 1. The van der Waals surface area contributed by atoms with Crippen molar-refractivity contribution in [3.8, 4) is 5.75 Å². The highest BCUT2D eigenvalue weighted by Crippen LogP contribution is 2.42. The zero-order chi connectivity index (χ0) is 49.8. The third kappa shape index (κ3) is 9.46. The number of aromatic nitrogens is 1. The zero-order valence-electron chi connectivity index (χ0n) is 39.2. The predicted octanol–water partition coefficient (Wildman–Crippen LogP) is 7.84. The van der Waals surface area contributed by atoms with Crippen LogP contribution in [0, 0.1) is 0 Å². The molecule has 1 saturated heterocycles. The molecule has 14 nitrogen and oxygen atoms in total. The van der Waals surface area contributed by atoms with Crippen LogP contribution < -0.4 is 15.4 Å². The minimum atomic E-state index is -1.79. The molecule has 3 aliphatic heterocycles. The largest absolute Gasteiger partial charge is 0.448 e. The Morgan fingerprint density at radius 1 is 0.792 bits per heavy atom. The maximum Gasteiger partial charge on any atom is 0.356 e. The van der Waals surface area contributed by atoms with E-state index in [9.17, 15) is 23.4 Å². The number of oxime groups is 1. The molecule has 3 atom stereocenters. The summed E-state index contributed by atoms with van der Waals surface area (Å²) in [6.45, 7) is 2.44. The Morgan fingerprint density at radius 3 is 1.90 bits per heavy atom. The summed E-state index contributed by atoms with van der Waals surface area (Å²) in [4.78, 5) is 68.9. The van der Waals surface area contributed by atoms with Crippen LogP contribution in [-0.2, 0) is 58.2 Å². The van der Waals surface area contributed by atoms with E-state index >= 15 is 0 Å². The second-order valence-electron chi connectivity index (χ2n) is 17.4. The molecule has 2 unspecified atom stereocenters. The Kier molecular flexibility index (Phi) is 13.7. The SMILES string of the molecule is CO/N=C(\C(=O)NC1C(=O)N2C(C(=O)OC(c3ccccc3)c3ccccc3)=C(CN3Cc4ccc(OC(C)=O)cc4C3)CS(=O)[C@H]12)c1csc(NC(c2ccccc2)(c2ccccc2)c2ccccc2)n1. The van der Waals surface area contributed by atoms with E-state index in [1.807, 2.05) is 164 Å². The fraction of sp³-hybridized carbons (Fsp3) is 0.179. The van der Waals surface area contributed by atoms with Crippen LogP contribution in [0.25, 0.3) is 0 Å². The highest BCUT2D eigenvalue weighted by molar-refractivity contribution is 7.86. The highest BCUT2D eigenvalue weighted by Gasteiger charge is 2.58. The molecule has 10 rings (SSSR count). The number of carbonyl (C=O) groups excluding carboxylic acids is 4. The number of esters is 2. The molecule has 1 fully saturated rings. The van der Waals surface area contributed by atoms with Crippen molar-refractivity contribution >= 4 is 56.7 Å². The van der Waals surface area contributed by atoms with Crippen molar-refractivity contribution in [3.05, 3.63) is 231 Å². The second-order valence-corrected chi connectivity index (χ2v) is 19.8. The predicted molar refractivity (Wildman–Crippen MR) is 274 cm³/mol. The van der Waals surface area contributed by atoms with Crippen LogP contribution in [0.3, 0.4) is 0 Å². The number of amides is 2. The number of thiazole rings is 1. The lowest BCUT2D eigenvalue weighted by atomic mass is 9.77. The molecule has 0 saturated carbocycles. The van der Waals surface area contributed by atoms with Gasteiger partial charge in [-0.25, -0.2) is 9.78 Å². The first-order chi connectivity index (χ1) is 35.1. The summed E-state index contributed by atoms with van der Waals surface area (Å²) in [5.41, 5.74) is 5.69. The molecule has 0 bridgehead atoms. The fourth-order valence-electron chi connectivity index (χ4n) is 9.65. The molecular weight excluding hydrogens is 949 g/mol. The van der Waals surface area contributed by atoms with Gasteiger partial charge in [-0.15, -0.1) is 11.3 Å². The van der Waals surface area contributed by atoms with Gasteiger partial charge >= 0.3 is 11.9 Å². The van der Waals surface area contributed by atoms with Gasteiger partial charge in [0.15, 0.2) is 16.9 Å². The van der Waals surface area contributed by atoms with Crippen LogP contribution in [0.2, 0.25) is 0 Å². The number of ether oxygens (including phenoxy) is 2. The summed E-state index contributed by atoms with van der Waals surface area (Å²) < 4.78 is 26.2. The summed E-state index contributed by atoms with van der Waals surface area (Å²) in [7, 11) is -0.484. The second kappa shape index (κ2) is 20.7. The molecule has 2 amide bonds. The van der Waals surface area contributed by atoms with Crippen LogP contribution in [0.15, 0.2) is 192 Å². The summed E-state index contributed by atoms with van der Waals surface area (Å²) in [6, 6.07) is 52.7. The Balaban J connectivity index is 0.938. The average molecular weight is 997 g/mol. The minimum absolute atomic E-state index is 0.0248. The first-order valence-corrected chi connectivity index (χ1v) is 25.5. The van der Waals surface area contributed by atoms with E-state index in [4.69, 9.17) is 19.3 Å². The van der Waals surface area contributed by atoms with Crippen LogP contribution in [-0.4, -0.2) is 79.3 Å². The summed E-state index contributed by atoms with van der Waals surface area (Å²) in [5.74, 6) is -2.31. The monoisotopic (exact) mass is 996 g/mol. The summed E-state index contributed by atoms with van der Waals surface area (Å²) in [5, 5.41) is 11.6. The van der Waals surface area contributed by atoms with Crippen molar-refractivity contribution < 1.29 is 37.7 Å². The number of nitrogens with zero attached hydrogens (tertiary/aromatic N) is 4. The molecular formula is C56H48N6O8S2. The topological polar surface area (TPSA) is 169 Å². The zero-order valence-corrected chi connectivity index (χ0v) is 40.8. The highest BCUT2D eigenvalue weighted by atomic mass is 32.2. The van der Waals surface area contributed by atoms with Gasteiger partial charge in [0.05, 0.1) is 16.6 Å². The number of nitrogens with one attached hydrogen (secondary N) is 2. The molecule has 2 N–H and O–H groups in total. The fourth-order valence-corrected chi connectivity index (χ4v) is 12.1. The lowest BCUT2D eigenvalue weighted by Gasteiger charge is -2.49. The van der Waals surface area contributed by atoms with Crippen molar-refractivity contribution in [2.24, 2.45) is 5.16 Å². The van der Waals surface area contributed by atoms with Gasteiger partial charge in [0.1, 0.15) is 41.2 Å². The molecule has 0 aliphatic carbocycles. The third-order valence-electron chi connectivity index (χ3n) is 12.8. The van der Waals surface area contributed by atoms with E-state index in [0.29, 0.717) is 40.7 Å². The molecule has 6 aromatic carbocycles. The molecule has 0 spiro atoms.